The lowest BCUT2D eigenvalue weighted by Crippen LogP contribution is -2.31. The Morgan fingerprint density at radius 3 is 2.42 bits per heavy atom. The van der Waals surface area contributed by atoms with E-state index >= 15 is 0 Å². The number of nitrogens with one attached hydrogen (secondary N) is 1. The van der Waals surface area contributed by atoms with Crippen molar-refractivity contribution in [2.75, 3.05) is 13.1 Å². The van der Waals surface area contributed by atoms with Crippen molar-refractivity contribution in [1.29, 1.82) is 0 Å². The van der Waals surface area contributed by atoms with E-state index in [0.717, 1.165) is 31.8 Å². The van der Waals surface area contributed by atoms with E-state index in [1.165, 1.54) is 32.1 Å². The maximum Gasteiger partial charge on any atom is 0.220 e. The van der Waals surface area contributed by atoms with Crippen LogP contribution in [0.2, 0.25) is 0 Å². The van der Waals surface area contributed by atoms with Crippen molar-refractivity contribution in [3.63, 3.8) is 0 Å². The molecule has 3 N–H and O–H groups in total. The van der Waals surface area contributed by atoms with Gasteiger partial charge in [-0.05, 0) is 50.0 Å². The number of hydrogen-bond acceptors (Lipinski definition) is 2. The lowest BCUT2D eigenvalue weighted by molar-refractivity contribution is -0.121. The van der Waals surface area contributed by atoms with Gasteiger partial charge in [0.25, 0.3) is 0 Å². The second-order valence-electron chi connectivity index (χ2n) is 6.32. The number of carbonyl (C=O) groups is 1. The quantitative estimate of drug-likeness (QED) is 0.711. The summed E-state index contributed by atoms with van der Waals surface area (Å²) in [6.45, 7) is 6.07. The molecule has 1 aliphatic carbocycles. The van der Waals surface area contributed by atoms with Crippen LogP contribution in [-0.2, 0) is 4.79 Å². The number of amides is 1. The highest BCUT2D eigenvalue weighted by molar-refractivity contribution is 5.75. The topological polar surface area (TPSA) is 55.1 Å². The number of rotatable bonds is 8. The average Bonchev–Trinajstić information content (AvgIpc) is 2.44. The van der Waals surface area contributed by atoms with Crippen LogP contribution in [0.1, 0.15) is 65.2 Å². The van der Waals surface area contributed by atoms with Gasteiger partial charge in [0.1, 0.15) is 0 Å². The number of hydrogen-bond donors (Lipinski definition) is 2. The summed E-state index contributed by atoms with van der Waals surface area (Å²) in [6.07, 6.45) is 9.25. The summed E-state index contributed by atoms with van der Waals surface area (Å²) in [6, 6.07) is 0. The zero-order valence-electron chi connectivity index (χ0n) is 12.8. The molecule has 112 valence electrons. The zero-order chi connectivity index (χ0) is 14.1. The molecule has 0 heterocycles. The van der Waals surface area contributed by atoms with E-state index in [1.54, 1.807) is 0 Å². The van der Waals surface area contributed by atoms with Crippen molar-refractivity contribution >= 4 is 5.91 Å². The fourth-order valence-corrected chi connectivity index (χ4v) is 3.00. The molecule has 1 amide bonds. The van der Waals surface area contributed by atoms with Crippen molar-refractivity contribution < 1.29 is 4.79 Å². The molecule has 0 radical (unpaired) electrons. The van der Waals surface area contributed by atoms with Crippen LogP contribution in [0.4, 0.5) is 0 Å². The van der Waals surface area contributed by atoms with Gasteiger partial charge in [0.2, 0.25) is 5.91 Å². The maximum absolute atomic E-state index is 11.8. The Kier molecular flexibility index (Phi) is 8.11. The van der Waals surface area contributed by atoms with Crippen molar-refractivity contribution in [2.24, 2.45) is 23.5 Å². The van der Waals surface area contributed by atoms with E-state index in [2.05, 4.69) is 19.2 Å². The molecule has 0 aromatic carbocycles. The number of nitrogens with two attached hydrogens (primary N) is 1. The van der Waals surface area contributed by atoms with E-state index in [4.69, 9.17) is 5.73 Å². The highest BCUT2D eigenvalue weighted by Gasteiger charge is 2.20. The molecular formula is C16H32N2O. The van der Waals surface area contributed by atoms with Crippen LogP contribution in [0.25, 0.3) is 0 Å². The summed E-state index contributed by atoms with van der Waals surface area (Å²) in [4.78, 5) is 11.8. The Morgan fingerprint density at radius 1 is 1.21 bits per heavy atom. The van der Waals surface area contributed by atoms with Gasteiger partial charge in [0, 0.05) is 13.0 Å². The summed E-state index contributed by atoms with van der Waals surface area (Å²) in [7, 11) is 0. The van der Waals surface area contributed by atoms with Gasteiger partial charge < -0.3 is 11.1 Å². The summed E-state index contributed by atoms with van der Waals surface area (Å²) >= 11 is 0. The van der Waals surface area contributed by atoms with E-state index in [0.29, 0.717) is 18.3 Å². The molecule has 19 heavy (non-hydrogen) atoms. The molecule has 1 saturated carbocycles. The molecule has 0 aromatic heterocycles. The average molecular weight is 268 g/mol. The smallest absolute Gasteiger partial charge is 0.220 e. The second kappa shape index (κ2) is 9.35. The fourth-order valence-electron chi connectivity index (χ4n) is 3.00. The molecular weight excluding hydrogens is 236 g/mol. The number of carbonyl (C=O) groups excluding carboxylic acids is 1. The van der Waals surface area contributed by atoms with Crippen molar-refractivity contribution in [3.05, 3.63) is 0 Å². The molecule has 0 saturated heterocycles. The third-order valence-electron chi connectivity index (χ3n) is 4.66. The van der Waals surface area contributed by atoms with Crippen molar-refractivity contribution in [1.82, 2.24) is 5.32 Å². The lowest BCUT2D eigenvalue weighted by Gasteiger charge is -2.27. The van der Waals surface area contributed by atoms with Crippen LogP contribution in [0.15, 0.2) is 0 Å². The van der Waals surface area contributed by atoms with Gasteiger partial charge in [-0.3, -0.25) is 4.79 Å². The molecule has 0 aliphatic heterocycles. The Balaban J connectivity index is 2.07. The first-order chi connectivity index (χ1) is 9.15. The molecule has 1 rings (SSSR count). The Bertz CT molecular complexity index is 247. The summed E-state index contributed by atoms with van der Waals surface area (Å²) < 4.78 is 0. The highest BCUT2D eigenvalue weighted by atomic mass is 16.1. The first-order valence-electron chi connectivity index (χ1n) is 8.12. The van der Waals surface area contributed by atoms with E-state index in [9.17, 15) is 4.79 Å². The Hall–Kier alpha value is -0.570. The van der Waals surface area contributed by atoms with Crippen LogP contribution >= 0.6 is 0 Å². The molecule has 3 nitrogen and oxygen atoms in total. The van der Waals surface area contributed by atoms with Crippen molar-refractivity contribution in [2.45, 2.75) is 65.2 Å². The molecule has 1 aliphatic rings. The first-order valence-corrected chi connectivity index (χ1v) is 8.12. The van der Waals surface area contributed by atoms with Gasteiger partial charge in [-0.25, -0.2) is 0 Å². The third kappa shape index (κ3) is 6.95. The Labute approximate surface area is 118 Å². The molecule has 0 spiro atoms. The van der Waals surface area contributed by atoms with Gasteiger partial charge in [-0.1, -0.05) is 33.1 Å². The third-order valence-corrected chi connectivity index (χ3v) is 4.66. The first kappa shape index (κ1) is 16.5. The Morgan fingerprint density at radius 2 is 1.84 bits per heavy atom. The van der Waals surface area contributed by atoms with Gasteiger partial charge in [0.15, 0.2) is 0 Å². The highest BCUT2D eigenvalue weighted by Crippen LogP contribution is 2.30. The van der Waals surface area contributed by atoms with Crippen LogP contribution in [0.5, 0.6) is 0 Å². The van der Waals surface area contributed by atoms with Crippen LogP contribution in [0, 0.1) is 17.8 Å². The minimum atomic E-state index is 0.224. The standard InChI is InChI=1S/C16H32N2O/c1-3-14-5-7-15(8-6-14)12-18-16(19)9-4-13(2)10-11-17/h13-15H,3-12,17H2,1-2H3,(H,18,19). The van der Waals surface area contributed by atoms with Gasteiger partial charge in [0.05, 0.1) is 0 Å². The molecule has 1 unspecified atom stereocenters. The zero-order valence-corrected chi connectivity index (χ0v) is 12.8. The van der Waals surface area contributed by atoms with Gasteiger partial charge in [-0.2, -0.15) is 0 Å². The summed E-state index contributed by atoms with van der Waals surface area (Å²) in [5, 5.41) is 3.11. The van der Waals surface area contributed by atoms with Crippen LogP contribution in [0.3, 0.4) is 0 Å². The molecule has 3 heteroatoms. The second-order valence-corrected chi connectivity index (χ2v) is 6.32. The van der Waals surface area contributed by atoms with E-state index in [-0.39, 0.29) is 5.91 Å². The minimum Gasteiger partial charge on any atom is -0.356 e. The predicted molar refractivity (Wildman–Crippen MR) is 80.8 cm³/mol. The molecule has 1 atom stereocenters. The van der Waals surface area contributed by atoms with Crippen LogP contribution < -0.4 is 11.1 Å². The summed E-state index contributed by atoms with van der Waals surface area (Å²) in [5.41, 5.74) is 5.51. The molecule has 0 bridgehead atoms. The normalized spacial score (nSPS) is 25.0. The fraction of sp³-hybridized carbons (Fsp3) is 0.938. The van der Waals surface area contributed by atoms with Crippen molar-refractivity contribution in [3.8, 4) is 0 Å². The maximum atomic E-state index is 11.8. The minimum absolute atomic E-state index is 0.224. The van der Waals surface area contributed by atoms with Gasteiger partial charge >= 0.3 is 0 Å². The van der Waals surface area contributed by atoms with E-state index in [1.807, 2.05) is 0 Å². The molecule has 1 fully saturated rings. The monoisotopic (exact) mass is 268 g/mol. The predicted octanol–water partition coefficient (Wildman–Crippen LogP) is 3.08. The van der Waals surface area contributed by atoms with E-state index < -0.39 is 0 Å². The SMILES string of the molecule is CCC1CCC(CNC(=O)CCC(C)CCN)CC1. The largest absolute Gasteiger partial charge is 0.356 e. The molecule has 0 aromatic rings. The lowest BCUT2D eigenvalue weighted by atomic mass is 9.81. The van der Waals surface area contributed by atoms with Gasteiger partial charge in [-0.15, -0.1) is 0 Å². The summed E-state index contributed by atoms with van der Waals surface area (Å²) in [5.74, 6) is 2.44. The van der Waals surface area contributed by atoms with Crippen LogP contribution in [-0.4, -0.2) is 19.0 Å².